The minimum atomic E-state index is -0.242. The van der Waals surface area contributed by atoms with Crippen LogP contribution in [0.2, 0.25) is 0 Å². The summed E-state index contributed by atoms with van der Waals surface area (Å²) in [6.45, 7) is 3.71. The summed E-state index contributed by atoms with van der Waals surface area (Å²) in [5, 5.41) is 9.76. The number of nitrogens with two attached hydrogens (primary N) is 1. The van der Waals surface area contributed by atoms with Crippen molar-refractivity contribution in [2.75, 3.05) is 27.2 Å². The van der Waals surface area contributed by atoms with E-state index in [9.17, 15) is 5.11 Å². The lowest BCUT2D eigenvalue weighted by Gasteiger charge is -2.32. The second-order valence-corrected chi connectivity index (χ2v) is 5.30. The Morgan fingerprint density at radius 1 is 1.62 bits per heavy atom. The number of aliphatic hydroxyl groups is 1. The standard InChI is InChI=1S/C11H23N3OS/c1-4-10(11(12)16)14-7-9(15)5-8(14)6-13(2)3/h8-10,15H,4-7H2,1-3H3,(H2,12,16). The van der Waals surface area contributed by atoms with Crippen molar-refractivity contribution in [3.63, 3.8) is 0 Å². The van der Waals surface area contributed by atoms with Crippen LogP contribution in [0.3, 0.4) is 0 Å². The SMILES string of the molecule is CCC(C(N)=S)N1CC(O)CC1CN(C)C. The molecule has 1 rings (SSSR count). The van der Waals surface area contributed by atoms with Crippen LogP contribution < -0.4 is 5.73 Å². The number of nitrogens with zero attached hydrogens (tertiary/aromatic N) is 2. The van der Waals surface area contributed by atoms with E-state index in [1.54, 1.807) is 0 Å². The molecule has 0 aromatic heterocycles. The fourth-order valence-corrected chi connectivity index (χ4v) is 2.80. The van der Waals surface area contributed by atoms with E-state index in [4.69, 9.17) is 18.0 Å². The van der Waals surface area contributed by atoms with Gasteiger partial charge < -0.3 is 15.7 Å². The Labute approximate surface area is 103 Å². The van der Waals surface area contributed by atoms with Crippen molar-refractivity contribution in [2.24, 2.45) is 5.73 Å². The molecule has 5 heteroatoms. The Morgan fingerprint density at radius 2 is 2.25 bits per heavy atom. The van der Waals surface area contributed by atoms with Crippen molar-refractivity contribution >= 4 is 17.2 Å². The molecule has 16 heavy (non-hydrogen) atoms. The van der Waals surface area contributed by atoms with E-state index < -0.39 is 0 Å². The molecule has 0 radical (unpaired) electrons. The molecule has 1 heterocycles. The maximum absolute atomic E-state index is 9.76. The van der Waals surface area contributed by atoms with Gasteiger partial charge in [-0.05, 0) is 26.9 Å². The zero-order chi connectivity index (χ0) is 12.3. The Kier molecular flexibility index (Phi) is 5.11. The minimum absolute atomic E-state index is 0.122. The number of hydrogen-bond acceptors (Lipinski definition) is 4. The van der Waals surface area contributed by atoms with Gasteiger partial charge in [-0.15, -0.1) is 0 Å². The monoisotopic (exact) mass is 245 g/mol. The van der Waals surface area contributed by atoms with Crippen molar-refractivity contribution in [3.8, 4) is 0 Å². The number of aliphatic hydroxyl groups excluding tert-OH is 1. The zero-order valence-electron chi connectivity index (χ0n) is 10.4. The Morgan fingerprint density at radius 3 is 2.69 bits per heavy atom. The van der Waals surface area contributed by atoms with Crippen LogP contribution in [0, 0.1) is 0 Å². The molecule has 1 saturated heterocycles. The molecule has 0 aromatic rings. The van der Waals surface area contributed by atoms with Crippen molar-refractivity contribution in [2.45, 2.75) is 38.0 Å². The average molecular weight is 245 g/mol. The van der Waals surface area contributed by atoms with Crippen LogP contribution in [0.25, 0.3) is 0 Å². The van der Waals surface area contributed by atoms with E-state index in [1.165, 1.54) is 0 Å². The average Bonchev–Trinajstić information content (AvgIpc) is 2.46. The van der Waals surface area contributed by atoms with Gasteiger partial charge in [-0.25, -0.2) is 0 Å². The molecule has 1 aliphatic rings. The Balaban J connectivity index is 2.71. The second kappa shape index (κ2) is 5.91. The lowest BCUT2D eigenvalue weighted by molar-refractivity contribution is 0.159. The third kappa shape index (κ3) is 3.38. The van der Waals surface area contributed by atoms with Gasteiger partial charge >= 0.3 is 0 Å². The molecule has 3 N–H and O–H groups in total. The first-order chi connectivity index (χ1) is 7.45. The molecular weight excluding hydrogens is 222 g/mol. The van der Waals surface area contributed by atoms with Crippen molar-refractivity contribution in [3.05, 3.63) is 0 Å². The molecule has 3 atom stereocenters. The van der Waals surface area contributed by atoms with Crippen LogP contribution in [-0.2, 0) is 0 Å². The molecule has 1 aliphatic heterocycles. The molecule has 0 spiro atoms. The van der Waals surface area contributed by atoms with Crippen molar-refractivity contribution < 1.29 is 5.11 Å². The number of likely N-dealkylation sites (tertiary alicyclic amines) is 1. The van der Waals surface area contributed by atoms with Gasteiger partial charge in [-0.2, -0.15) is 0 Å². The maximum atomic E-state index is 9.76. The molecule has 0 aliphatic carbocycles. The smallest absolute Gasteiger partial charge is 0.0902 e. The first-order valence-electron chi connectivity index (χ1n) is 5.83. The summed E-state index contributed by atoms with van der Waals surface area (Å²) in [4.78, 5) is 4.94. The van der Waals surface area contributed by atoms with Gasteiger partial charge in [0, 0.05) is 19.1 Å². The summed E-state index contributed by atoms with van der Waals surface area (Å²) in [6.07, 6.45) is 1.48. The summed E-state index contributed by atoms with van der Waals surface area (Å²) in [6, 6.07) is 0.480. The second-order valence-electron chi connectivity index (χ2n) is 4.83. The number of hydrogen-bond donors (Lipinski definition) is 2. The van der Waals surface area contributed by atoms with Gasteiger partial charge in [-0.3, -0.25) is 4.90 Å². The van der Waals surface area contributed by atoms with Gasteiger partial charge in [-0.1, -0.05) is 19.1 Å². The molecule has 0 amide bonds. The summed E-state index contributed by atoms with van der Waals surface area (Å²) in [5.74, 6) is 0. The summed E-state index contributed by atoms with van der Waals surface area (Å²) in [7, 11) is 4.09. The highest BCUT2D eigenvalue weighted by Gasteiger charge is 2.35. The molecule has 3 unspecified atom stereocenters. The molecule has 0 saturated carbocycles. The Bertz CT molecular complexity index is 247. The maximum Gasteiger partial charge on any atom is 0.0902 e. The number of thiocarbonyl (C=S) groups is 1. The van der Waals surface area contributed by atoms with E-state index in [1.807, 2.05) is 14.1 Å². The fraction of sp³-hybridized carbons (Fsp3) is 0.909. The largest absolute Gasteiger partial charge is 0.392 e. The highest BCUT2D eigenvalue weighted by molar-refractivity contribution is 7.80. The summed E-state index contributed by atoms with van der Waals surface area (Å²) < 4.78 is 0. The Hall–Kier alpha value is -0.230. The van der Waals surface area contributed by atoms with Gasteiger partial charge in [0.1, 0.15) is 0 Å². The van der Waals surface area contributed by atoms with Crippen LogP contribution in [0.15, 0.2) is 0 Å². The summed E-state index contributed by atoms with van der Waals surface area (Å²) >= 11 is 5.10. The van der Waals surface area contributed by atoms with Gasteiger partial charge in [0.05, 0.1) is 17.1 Å². The number of β-amino-alcohol motifs (C(OH)–C–C–N with tert-alkyl or cyclic N) is 1. The van der Waals surface area contributed by atoms with E-state index >= 15 is 0 Å². The van der Waals surface area contributed by atoms with E-state index in [2.05, 4.69) is 16.7 Å². The highest BCUT2D eigenvalue weighted by Crippen LogP contribution is 2.22. The minimum Gasteiger partial charge on any atom is -0.392 e. The van der Waals surface area contributed by atoms with Gasteiger partial charge in [0.2, 0.25) is 0 Å². The van der Waals surface area contributed by atoms with Crippen LogP contribution in [0.4, 0.5) is 0 Å². The van der Waals surface area contributed by atoms with Crippen LogP contribution in [0.5, 0.6) is 0 Å². The molecule has 94 valence electrons. The van der Waals surface area contributed by atoms with Gasteiger partial charge in [0.25, 0.3) is 0 Å². The third-order valence-corrected chi connectivity index (χ3v) is 3.40. The summed E-state index contributed by atoms with van der Waals surface area (Å²) in [5.41, 5.74) is 5.76. The quantitative estimate of drug-likeness (QED) is 0.670. The van der Waals surface area contributed by atoms with Crippen molar-refractivity contribution in [1.29, 1.82) is 0 Å². The zero-order valence-corrected chi connectivity index (χ0v) is 11.2. The number of likely N-dealkylation sites (N-methyl/N-ethyl adjacent to an activating group) is 1. The lowest BCUT2D eigenvalue weighted by atomic mass is 10.1. The first-order valence-corrected chi connectivity index (χ1v) is 6.24. The predicted octanol–water partition coefficient (Wildman–Crippen LogP) is 0.0479. The lowest BCUT2D eigenvalue weighted by Crippen LogP contribution is -2.49. The topological polar surface area (TPSA) is 52.7 Å². The van der Waals surface area contributed by atoms with E-state index in [0.29, 0.717) is 17.6 Å². The van der Waals surface area contributed by atoms with Crippen molar-refractivity contribution in [1.82, 2.24) is 9.80 Å². The van der Waals surface area contributed by atoms with Crippen LogP contribution in [-0.4, -0.2) is 65.3 Å². The molecule has 0 aromatic carbocycles. The third-order valence-electron chi connectivity index (χ3n) is 3.13. The van der Waals surface area contributed by atoms with E-state index in [-0.39, 0.29) is 12.1 Å². The number of rotatable bonds is 5. The predicted molar refractivity (Wildman–Crippen MR) is 70.5 cm³/mol. The molecule has 0 bridgehead atoms. The van der Waals surface area contributed by atoms with Gasteiger partial charge in [0.15, 0.2) is 0 Å². The first kappa shape index (κ1) is 13.8. The van der Waals surface area contributed by atoms with E-state index in [0.717, 1.165) is 19.4 Å². The normalized spacial score (nSPS) is 28.6. The molecule has 4 nitrogen and oxygen atoms in total. The van der Waals surface area contributed by atoms with Crippen LogP contribution in [0.1, 0.15) is 19.8 Å². The molecule has 1 fully saturated rings. The molecular formula is C11H23N3OS. The highest BCUT2D eigenvalue weighted by atomic mass is 32.1. The fourth-order valence-electron chi connectivity index (χ4n) is 2.50. The van der Waals surface area contributed by atoms with Crippen LogP contribution >= 0.6 is 12.2 Å².